The molecule has 2 rings (SSSR count). The summed E-state index contributed by atoms with van der Waals surface area (Å²) >= 11 is 0. The summed E-state index contributed by atoms with van der Waals surface area (Å²) in [6.07, 6.45) is 6.77. The summed E-state index contributed by atoms with van der Waals surface area (Å²) < 4.78 is 0. The van der Waals surface area contributed by atoms with Gasteiger partial charge in [0.25, 0.3) is 0 Å². The smallest absolute Gasteiger partial charge is 0.0208 e. The maximum Gasteiger partial charge on any atom is 0.0208 e. The molecule has 0 spiro atoms. The predicted molar refractivity (Wildman–Crippen MR) is 82.4 cm³/mol. The van der Waals surface area contributed by atoms with E-state index in [1.807, 2.05) is 0 Å². The van der Waals surface area contributed by atoms with Gasteiger partial charge in [-0.25, -0.2) is 0 Å². The molecule has 0 amide bonds. The third-order valence-electron chi connectivity index (χ3n) is 4.40. The van der Waals surface area contributed by atoms with Gasteiger partial charge in [0.1, 0.15) is 0 Å². The normalized spacial score (nSPS) is 16.4. The zero-order valence-corrected chi connectivity index (χ0v) is 12.5. The van der Waals surface area contributed by atoms with Crippen molar-refractivity contribution in [2.45, 2.75) is 51.6 Å². The highest BCUT2D eigenvalue weighted by atomic mass is 15.1. The Kier molecular flexibility index (Phi) is 5.87. The van der Waals surface area contributed by atoms with Crippen LogP contribution in [-0.4, -0.2) is 31.1 Å². The first-order chi connectivity index (χ1) is 9.31. The first-order valence-corrected chi connectivity index (χ1v) is 7.79. The van der Waals surface area contributed by atoms with Crippen molar-refractivity contribution in [3.63, 3.8) is 0 Å². The minimum absolute atomic E-state index is 0.838. The molecule has 1 aliphatic carbocycles. The highest BCUT2D eigenvalue weighted by Crippen LogP contribution is 2.21. The first kappa shape index (κ1) is 14.5. The van der Waals surface area contributed by atoms with E-state index in [0.29, 0.717) is 0 Å². The van der Waals surface area contributed by atoms with Gasteiger partial charge in [-0.1, -0.05) is 44.0 Å². The van der Waals surface area contributed by atoms with Crippen LogP contribution in [0, 0.1) is 0 Å². The highest BCUT2D eigenvalue weighted by Gasteiger charge is 2.18. The monoisotopic (exact) mass is 260 g/mol. The van der Waals surface area contributed by atoms with Crippen molar-refractivity contribution in [2.24, 2.45) is 0 Å². The molecule has 1 N–H and O–H groups in total. The summed E-state index contributed by atoms with van der Waals surface area (Å²) in [6.45, 7) is 5.49. The van der Waals surface area contributed by atoms with Gasteiger partial charge in [-0.3, -0.25) is 0 Å². The number of aryl methyl sites for hydroxylation is 1. The summed E-state index contributed by atoms with van der Waals surface area (Å²) in [7, 11) is 2.28. The van der Waals surface area contributed by atoms with Gasteiger partial charge in [0.15, 0.2) is 0 Å². The summed E-state index contributed by atoms with van der Waals surface area (Å²) in [5.41, 5.74) is 2.92. The fourth-order valence-corrected chi connectivity index (χ4v) is 3.08. The van der Waals surface area contributed by atoms with Gasteiger partial charge in [-0.15, -0.1) is 0 Å². The van der Waals surface area contributed by atoms with Crippen molar-refractivity contribution in [1.82, 2.24) is 10.2 Å². The number of hydrogen-bond donors (Lipinski definition) is 1. The van der Waals surface area contributed by atoms with Crippen molar-refractivity contribution in [2.75, 3.05) is 20.1 Å². The standard InChI is InChI=1S/C17H28N2/c1-3-15-8-4-5-9-16(15)14-18-12-13-19(2)17-10-6-7-11-17/h4-5,8-9,17-18H,3,6-7,10-14H2,1-2H3. The molecule has 0 radical (unpaired) electrons. The van der Waals surface area contributed by atoms with E-state index in [2.05, 4.69) is 48.5 Å². The molecular weight excluding hydrogens is 232 g/mol. The van der Waals surface area contributed by atoms with E-state index in [9.17, 15) is 0 Å². The minimum atomic E-state index is 0.838. The van der Waals surface area contributed by atoms with Gasteiger partial charge in [0.2, 0.25) is 0 Å². The number of benzene rings is 1. The molecule has 1 fully saturated rings. The molecule has 1 aliphatic rings. The SMILES string of the molecule is CCc1ccccc1CNCCN(C)C1CCCC1. The van der Waals surface area contributed by atoms with Gasteiger partial charge in [0.05, 0.1) is 0 Å². The number of nitrogens with zero attached hydrogens (tertiary/aromatic N) is 1. The quantitative estimate of drug-likeness (QED) is 0.757. The summed E-state index contributed by atoms with van der Waals surface area (Å²) in [4.78, 5) is 2.53. The van der Waals surface area contributed by atoms with E-state index in [0.717, 1.165) is 25.6 Å². The number of likely N-dealkylation sites (N-methyl/N-ethyl adjacent to an activating group) is 1. The van der Waals surface area contributed by atoms with Crippen LogP contribution in [0.25, 0.3) is 0 Å². The van der Waals surface area contributed by atoms with Gasteiger partial charge in [-0.2, -0.15) is 0 Å². The van der Waals surface area contributed by atoms with Crippen LogP contribution in [0.3, 0.4) is 0 Å². The van der Waals surface area contributed by atoms with Crippen LogP contribution in [0.15, 0.2) is 24.3 Å². The molecule has 1 aromatic rings. The first-order valence-electron chi connectivity index (χ1n) is 7.79. The second-order valence-electron chi connectivity index (χ2n) is 5.72. The van der Waals surface area contributed by atoms with E-state index in [4.69, 9.17) is 0 Å². The molecule has 0 heterocycles. The highest BCUT2D eigenvalue weighted by molar-refractivity contribution is 5.26. The summed E-state index contributed by atoms with van der Waals surface area (Å²) in [5.74, 6) is 0. The molecule has 0 bridgehead atoms. The van der Waals surface area contributed by atoms with Crippen LogP contribution in [0.1, 0.15) is 43.7 Å². The molecule has 0 aliphatic heterocycles. The second-order valence-corrected chi connectivity index (χ2v) is 5.72. The van der Waals surface area contributed by atoms with Crippen LogP contribution in [0.4, 0.5) is 0 Å². The van der Waals surface area contributed by atoms with Crippen LogP contribution in [0.5, 0.6) is 0 Å². The molecule has 1 saturated carbocycles. The zero-order valence-electron chi connectivity index (χ0n) is 12.5. The Morgan fingerprint density at radius 2 is 1.84 bits per heavy atom. The lowest BCUT2D eigenvalue weighted by atomic mass is 10.1. The number of nitrogens with one attached hydrogen (secondary N) is 1. The Balaban J connectivity index is 1.68. The third-order valence-corrected chi connectivity index (χ3v) is 4.40. The van der Waals surface area contributed by atoms with Crippen molar-refractivity contribution in [3.8, 4) is 0 Å². The molecule has 1 aromatic carbocycles. The van der Waals surface area contributed by atoms with Gasteiger partial charge in [-0.05, 0) is 37.4 Å². The zero-order chi connectivity index (χ0) is 13.5. The molecule has 106 valence electrons. The largest absolute Gasteiger partial charge is 0.311 e. The van der Waals surface area contributed by atoms with E-state index < -0.39 is 0 Å². The fourth-order valence-electron chi connectivity index (χ4n) is 3.08. The van der Waals surface area contributed by atoms with Crippen LogP contribution in [-0.2, 0) is 13.0 Å². The maximum atomic E-state index is 3.59. The Hall–Kier alpha value is -0.860. The van der Waals surface area contributed by atoms with E-state index in [1.54, 1.807) is 0 Å². The number of rotatable bonds is 7. The van der Waals surface area contributed by atoms with Gasteiger partial charge >= 0.3 is 0 Å². The average Bonchev–Trinajstić information content (AvgIpc) is 2.98. The predicted octanol–water partition coefficient (Wildman–Crippen LogP) is 3.21. The maximum absolute atomic E-state index is 3.59. The number of hydrogen-bond acceptors (Lipinski definition) is 2. The molecule has 2 nitrogen and oxygen atoms in total. The van der Waals surface area contributed by atoms with Crippen LogP contribution < -0.4 is 5.32 Å². The van der Waals surface area contributed by atoms with Crippen molar-refractivity contribution < 1.29 is 0 Å². The Labute approximate surface area is 118 Å². The van der Waals surface area contributed by atoms with E-state index in [-0.39, 0.29) is 0 Å². The Bertz CT molecular complexity index is 369. The van der Waals surface area contributed by atoms with E-state index >= 15 is 0 Å². The van der Waals surface area contributed by atoms with Crippen LogP contribution >= 0.6 is 0 Å². The van der Waals surface area contributed by atoms with Crippen molar-refractivity contribution >= 4 is 0 Å². The van der Waals surface area contributed by atoms with Gasteiger partial charge in [0, 0.05) is 25.7 Å². The summed E-state index contributed by atoms with van der Waals surface area (Å²) in [6, 6.07) is 9.59. The summed E-state index contributed by atoms with van der Waals surface area (Å²) in [5, 5.41) is 3.59. The average molecular weight is 260 g/mol. The topological polar surface area (TPSA) is 15.3 Å². The third kappa shape index (κ3) is 4.32. The van der Waals surface area contributed by atoms with Crippen molar-refractivity contribution in [3.05, 3.63) is 35.4 Å². The van der Waals surface area contributed by atoms with Crippen LogP contribution in [0.2, 0.25) is 0 Å². The Morgan fingerprint density at radius 1 is 1.16 bits per heavy atom. The molecule has 0 aromatic heterocycles. The van der Waals surface area contributed by atoms with Gasteiger partial charge < -0.3 is 10.2 Å². The minimum Gasteiger partial charge on any atom is -0.311 e. The molecule has 0 unspecified atom stereocenters. The fraction of sp³-hybridized carbons (Fsp3) is 0.647. The lowest BCUT2D eigenvalue weighted by Crippen LogP contribution is -2.35. The molecular formula is C17H28N2. The molecule has 0 atom stereocenters. The lowest BCUT2D eigenvalue weighted by molar-refractivity contribution is 0.245. The second kappa shape index (κ2) is 7.66. The Morgan fingerprint density at radius 3 is 2.53 bits per heavy atom. The van der Waals surface area contributed by atoms with Crippen molar-refractivity contribution in [1.29, 1.82) is 0 Å². The lowest BCUT2D eigenvalue weighted by Gasteiger charge is -2.24. The van der Waals surface area contributed by atoms with E-state index in [1.165, 1.54) is 43.4 Å². The molecule has 0 saturated heterocycles. The molecule has 2 heteroatoms. The molecule has 19 heavy (non-hydrogen) atoms.